The molecule has 126 heavy (non-hydrogen) atoms. The van der Waals surface area contributed by atoms with Crippen LogP contribution in [-0.4, -0.2) is 192 Å². The van der Waals surface area contributed by atoms with Gasteiger partial charge in [0.1, 0.15) is 11.2 Å². The topological polar surface area (TPSA) is 216 Å². The Morgan fingerprint density at radius 2 is 0.532 bits per heavy atom. The summed E-state index contributed by atoms with van der Waals surface area (Å²) in [7, 11) is 10.3. The van der Waals surface area contributed by atoms with Gasteiger partial charge in [0, 0.05) is 124 Å². The monoisotopic (exact) mass is 1920 g/mol. The number of ether oxygens (including phenoxy) is 4. The van der Waals surface area contributed by atoms with Crippen LogP contribution in [0.2, 0.25) is 26.2 Å². The van der Waals surface area contributed by atoms with Crippen molar-refractivity contribution in [1.29, 1.82) is 0 Å². The Labute approximate surface area is 758 Å². The lowest BCUT2D eigenvalue weighted by Gasteiger charge is -2.44. The van der Waals surface area contributed by atoms with Crippen LogP contribution in [0.5, 0.6) is 0 Å². The second-order valence-corrected chi connectivity index (χ2v) is 50.9. The van der Waals surface area contributed by atoms with Gasteiger partial charge in [-0.15, -0.1) is 0 Å². The van der Waals surface area contributed by atoms with E-state index in [1.54, 1.807) is 85.3 Å². The quantitative estimate of drug-likeness (QED) is 0.0364. The first kappa shape index (κ1) is 130. The number of hydrogen-bond acceptors (Lipinski definition) is 20. The molecule has 12 rings (SSSR count). The van der Waals surface area contributed by atoms with E-state index in [2.05, 4.69) is 9.47 Å². The molecule has 12 aliphatic carbocycles. The van der Waals surface area contributed by atoms with E-state index in [1.165, 1.54) is 86.5 Å². The van der Waals surface area contributed by atoms with E-state index in [1.807, 2.05) is 67.7 Å². The van der Waals surface area contributed by atoms with Crippen LogP contribution in [0.4, 0.5) is 52.7 Å². The standard InChI is InChI=1S/C21H28F6O2.C17H26O2.C16H22F6O2.C12H20O2.4C4H12O3Si.8CH4/c1-18(2,3)17(28)29-19(20(22,23)24,21(25,26)27)9-13-7-12-8-14(13)16-11-5-4-10(6-11)15(12)16;1-17(2,3)19-16(18)13-8-11-7-12(13)15-10-5-4-9(6-10)14(11)15;1-13(2,3)12(23)24-14(15(17,18)19,16(20,21)22)8-11-7-9-4-5-10(11)6-9;1-12(2,3)14-11(13)10-7-8-4-5-9(10)6-8;4*1-5-8(4,6-2)7-3;;;;;;;;/h10-16H,4-9H2,1-3H3;9-15H,4-8H2,1-3H3;9-11H,4-8H2,1-3H3;8-10H,4-7H2,1-3H3;4*1-4H3;8*1H4. The largest absolute Gasteiger partial charge is 0.496 e. The Hall–Kier alpha value is -2.57. The predicted molar refractivity (Wildman–Crippen MR) is 479 cm³/mol. The minimum atomic E-state index is -5.72. The average Bonchev–Trinajstić information content (AvgIpc) is 1.55. The first-order valence-electron chi connectivity index (χ1n) is 41.8. The van der Waals surface area contributed by atoms with Crippen molar-refractivity contribution >= 4 is 59.1 Å². The molecule has 20 atom stereocenters. The van der Waals surface area contributed by atoms with E-state index in [-0.39, 0.29) is 124 Å². The highest BCUT2D eigenvalue weighted by molar-refractivity contribution is 6.60. The van der Waals surface area contributed by atoms with Gasteiger partial charge in [-0.3, -0.25) is 19.2 Å². The number of carbonyl (C=O) groups excluding carboxylic acids is 4. The van der Waals surface area contributed by atoms with Crippen LogP contribution in [-0.2, 0) is 91.2 Å². The number of fused-ring (bicyclic) bond motifs is 22. The molecule has 0 aliphatic heterocycles. The van der Waals surface area contributed by atoms with Crippen molar-refractivity contribution in [2.45, 2.75) is 344 Å². The fraction of sp³-hybridized carbons (Fsp3) is 0.956. The number of halogens is 12. The highest BCUT2D eigenvalue weighted by atomic mass is 28.4. The fourth-order valence-electron chi connectivity index (χ4n) is 21.1. The lowest BCUT2D eigenvalue weighted by Crippen LogP contribution is -2.61. The fourth-order valence-corrected chi connectivity index (χ4v) is 23.1. The molecule has 12 fully saturated rings. The van der Waals surface area contributed by atoms with Crippen molar-refractivity contribution in [2.24, 2.45) is 129 Å². The summed E-state index contributed by atoms with van der Waals surface area (Å²) in [4.78, 5) is 48.3. The Morgan fingerprint density at radius 1 is 0.270 bits per heavy atom. The van der Waals surface area contributed by atoms with Crippen LogP contribution in [0, 0.1) is 129 Å². The third-order valence-corrected chi connectivity index (χ3v) is 36.7. The Morgan fingerprint density at radius 3 is 0.786 bits per heavy atom. The van der Waals surface area contributed by atoms with Crippen LogP contribution in [0.25, 0.3) is 0 Å². The van der Waals surface area contributed by atoms with Crippen molar-refractivity contribution in [3.63, 3.8) is 0 Å². The molecular weight excluding hydrogens is 1740 g/mol. The molecule has 0 aromatic carbocycles. The summed E-state index contributed by atoms with van der Waals surface area (Å²) in [5.41, 5.74) is -12.4. The average molecular weight is 1920 g/mol. The van der Waals surface area contributed by atoms with Crippen molar-refractivity contribution < 1.29 is 144 Å². The summed E-state index contributed by atoms with van der Waals surface area (Å²) in [6, 6.07) is 0. The third-order valence-electron chi connectivity index (χ3n) is 27.8. The molecule has 12 aliphatic rings. The maximum Gasteiger partial charge on any atom is 0.496 e. The van der Waals surface area contributed by atoms with Gasteiger partial charge in [-0.05, 0) is 292 Å². The van der Waals surface area contributed by atoms with Gasteiger partial charge in [-0.2, -0.15) is 52.7 Å². The third kappa shape index (κ3) is 31.8. The van der Waals surface area contributed by atoms with Gasteiger partial charge in [0.2, 0.25) is 0 Å². The molecule has 0 aromatic heterocycles. The number of carbonyl (C=O) groups is 4. The predicted octanol–water partition coefficient (Wildman–Crippen LogP) is 24.9. The van der Waals surface area contributed by atoms with Gasteiger partial charge in [-0.25, -0.2) is 0 Å². The van der Waals surface area contributed by atoms with Crippen LogP contribution in [0.15, 0.2) is 0 Å². The molecule has 0 spiro atoms. The van der Waals surface area contributed by atoms with Crippen LogP contribution >= 0.6 is 0 Å². The molecule has 0 amide bonds. The van der Waals surface area contributed by atoms with Crippen molar-refractivity contribution in [1.82, 2.24) is 0 Å². The van der Waals surface area contributed by atoms with Crippen LogP contribution in [0.1, 0.15) is 271 Å². The molecular formula is C90H176F12O20Si4. The zero-order valence-corrected chi connectivity index (χ0v) is 79.4. The second-order valence-electron chi connectivity index (χ2n) is 39.1. The molecule has 0 saturated heterocycles. The summed E-state index contributed by atoms with van der Waals surface area (Å²) in [5.74, 6) is 4.94. The van der Waals surface area contributed by atoms with Gasteiger partial charge in [0.05, 0.1) is 22.7 Å². The first-order valence-corrected chi connectivity index (χ1v) is 50.7. The Balaban J connectivity index is -0.000000703. The maximum atomic E-state index is 13.9. The molecule has 0 radical (unpaired) electrons. The molecule has 20 unspecified atom stereocenters. The molecule has 36 heteroatoms. The van der Waals surface area contributed by atoms with Crippen molar-refractivity contribution in [3.8, 4) is 0 Å². The van der Waals surface area contributed by atoms with Gasteiger partial charge in [0.15, 0.2) is 0 Å². The summed E-state index contributed by atoms with van der Waals surface area (Å²) in [5, 5.41) is 0. The highest BCUT2D eigenvalue weighted by Crippen LogP contribution is 2.72. The van der Waals surface area contributed by atoms with Gasteiger partial charge >= 0.3 is 95.0 Å². The summed E-state index contributed by atoms with van der Waals surface area (Å²) in [6.07, 6.45) is -6.62. The lowest BCUT2D eigenvalue weighted by atomic mass is 9.65. The number of alkyl halides is 12. The Kier molecular flexibility index (Phi) is 51.8. The molecule has 0 heterocycles. The lowest BCUT2D eigenvalue weighted by molar-refractivity contribution is -0.377. The molecule has 0 aromatic rings. The maximum absolute atomic E-state index is 13.9. The van der Waals surface area contributed by atoms with E-state index >= 15 is 0 Å². The van der Waals surface area contributed by atoms with E-state index in [0.717, 1.165) is 80.5 Å². The van der Waals surface area contributed by atoms with Crippen LogP contribution in [0.3, 0.4) is 0 Å². The zero-order chi connectivity index (χ0) is 90.3. The normalized spacial score (nSPS) is 29.1. The highest BCUT2D eigenvalue weighted by Gasteiger charge is 2.78. The SMILES string of the molecule is C.C.C.C.C.C.C.C.CC(C)(C)C(=O)OC(CC1CC2CC1C1C3CCC(C3)C21)(C(F)(F)F)C(F)(F)F.CC(C)(C)C(=O)OC(CC1CC2CCC1C2)(C(F)(F)F)C(F)(F)F.CC(C)(C)OC(=O)C1CC2CC1C1C3CCC(C3)C21.CC(C)(C)OC(=O)C1CC2CCC1C2.CO[Si](C)(OC)OC.CO[Si](C)(OC)OC.CO[Si](C)(OC)OC.CO[Si](C)(OC)OC. The van der Waals surface area contributed by atoms with E-state index in [9.17, 15) is 71.9 Å². The van der Waals surface area contributed by atoms with Gasteiger partial charge in [-0.1, -0.05) is 72.3 Å². The van der Waals surface area contributed by atoms with E-state index < -0.39 is 119 Å². The van der Waals surface area contributed by atoms with Crippen molar-refractivity contribution in [3.05, 3.63) is 0 Å². The number of rotatable bonds is 20. The zero-order valence-electron chi connectivity index (χ0n) is 75.4. The van der Waals surface area contributed by atoms with Gasteiger partial charge < -0.3 is 72.1 Å². The molecule has 12 bridgehead atoms. The molecule has 20 nitrogen and oxygen atoms in total. The van der Waals surface area contributed by atoms with Gasteiger partial charge in [0.25, 0.3) is 0 Å². The minimum Gasteiger partial charge on any atom is -0.460 e. The number of esters is 4. The smallest absolute Gasteiger partial charge is 0.460 e. The molecule has 756 valence electrons. The minimum absolute atomic E-state index is 0. The van der Waals surface area contributed by atoms with E-state index in [4.69, 9.17) is 62.6 Å². The van der Waals surface area contributed by atoms with E-state index in [0.29, 0.717) is 55.3 Å². The summed E-state index contributed by atoms with van der Waals surface area (Å²) < 4.78 is 244. The first-order chi connectivity index (χ1) is 53.9. The summed E-state index contributed by atoms with van der Waals surface area (Å²) >= 11 is 0. The molecule has 12 saturated carbocycles. The molecule has 0 N–H and O–H groups in total. The Bertz CT molecular complexity index is 3030. The van der Waals surface area contributed by atoms with Crippen LogP contribution < -0.4 is 0 Å². The van der Waals surface area contributed by atoms with Crippen molar-refractivity contribution in [2.75, 3.05) is 85.3 Å². The second kappa shape index (κ2) is 50.3. The summed E-state index contributed by atoms with van der Waals surface area (Å²) in [6.45, 7) is 26.5. The number of hydrogen-bond donors (Lipinski definition) is 0.